The zero-order chi connectivity index (χ0) is 12.4. The summed E-state index contributed by atoms with van der Waals surface area (Å²) in [5, 5.41) is 0. The van der Waals surface area contributed by atoms with Crippen molar-refractivity contribution in [2.24, 2.45) is 0 Å². The summed E-state index contributed by atoms with van der Waals surface area (Å²) in [5.41, 5.74) is 5.24. The number of hydrogen-bond acceptors (Lipinski definition) is 3. The van der Waals surface area contributed by atoms with Gasteiger partial charge in [0.1, 0.15) is 17.9 Å². The number of ether oxygens (including phenoxy) is 1. The molecule has 0 radical (unpaired) electrons. The topological polar surface area (TPSA) is 22.1 Å². The van der Waals surface area contributed by atoms with Crippen LogP contribution >= 0.6 is 11.3 Å². The highest BCUT2D eigenvalue weighted by Crippen LogP contribution is 2.27. The second-order valence-electron chi connectivity index (χ2n) is 4.23. The van der Waals surface area contributed by atoms with Crippen LogP contribution in [0.4, 0.5) is 0 Å². The molecule has 0 bridgehead atoms. The summed E-state index contributed by atoms with van der Waals surface area (Å²) in [7, 11) is 0. The Hall–Kier alpha value is -1.87. The van der Waals surface area contributed by atoms with Crippen LogP contribution in [-0.4, -0.2) is 4.98 Å². The monoisotopic (exact) mass is 255 g/mol. The van der Waals surface area contributed by atoms with Gasteiger partial charge < -0.3 is 4.74 Å². The Morgan fingerprint density at radius 1 is 1.11 bits per heavy atom. The molecule has 0 aliphatic rings. The number of aromatic nitrogens is 1. The fourth-order valence-corrected chi connectivity index (χ4v) is 2.52. The number of nitrogens with zero attached hydrogens (tertiary/aromatic N) is 1. The van der Waals surface area contributed by atoms with E-state index < -0.39 is 0 Å². The fraction of sp³-hybridized carbons (Fsp3) is 0.133. The largest absolute Gasteiger partial charge is 0.487 e. The van der Waals surface area contributed by atoms with Gasteiger partial charge in [-0.2, -0.15) is 0 Å². The molecule has 18 heavy (non-hydrogen) atoms. The van der Waals surface area contributed by atoms with Crippen LogP contribution in [0.3, 0.4) is 0 Å². The van der Waals surface area contributed by atoms with Crippen LogP contribution in [0.5, 0.6) is 5.75 Å². The standard InChI is InChI=1S/C15H13NOS/c1-11-5-7-12(8-6-11)9-17-13-3-2-4-14-15(13)16-10-18-14/h2-8,10H,9H2,1H3. The van der Waals surface area contributed by atoms with E-state index in [1.165, 1.54) is 11.1 Å². The Bertz CT molecular complexity index is 658. The number of benzene rings is 2. The van der Waals surface area contributed by atoms with Crippen molar-refractivity contribution in [2.75, 3.05) is 0 Å². The number of hydrogen-bond donors (Lipinski definition) is 0. The highest BCUT2D eigenvalue weighted by molar-refractivity contribution is 7.16. The first kappa shape index (κ1) is 11.2. The van der Waals surface area contributed by atoms with Crippen LogP contribution in [0.2, 0.25) is 0 Å². The quantitative estimate of drug-likeness (QED) is 0.700. The molecule has 0 atom stereocenters. The van der Waals surface area contributed by atoms with Gasteiger partial charge in [0.25, 0.3) is 0 Å². The molecule has 3 heteroatoms. The third-order valence-corrected chi connectivity index (χ3v) is 3.63. The fourth-order valence-electron chi connectivity index (χ4n) is 1.82. The SMILES string of the molecule is Cc1ccc(COc2cccc3scnc23)cc1. The molecule has 2 nitrogen and oxygen atoms in total. The van der Waals surface area contributed by atoms with Gasteiger partial charge in [-0.15, -0.1) is 11.3 Å². The summed E-state index contributed by atoms with van der Waals surface area (Å²) < 4.78 is 7.01. The Balaban J connectivity index is 1.80. The highest BCUT2D eigenvalue weighted by Gasteiger charge is 2.04. The van der Waals surface area contributed by atoms with Crippen molar-refractivity contribution in [1.82, 2.24) is 4.98 Å². The van der Waals surface area contributed by atoms with E-state index in [9.17, 15) is 0 Å². The molecule has 1 heterocycles. The predicted octanol–water partition coefficient (Wildman–Crippen LogP) is 4.18. The Kier molecular flexibility index (Phi) is 2.99. The van der Waals surface area contributed by atoms with Gasteiger partial charge in [-0.1, -0.05) is 35.9 Å². The van der Waals surface area contributed by atoms with Gasteiger partial charge in [0.2, 0.25) is 0 Å². The van der Waals surface area contributed by atoms with Crippen LogP contribution in [-0.2, 0) is 6.61 Å². The lowest BCUT2D eigenvalue weighted by molar-refractivity contribution is 0.309. The van der Waals surface area contributed by atoms with Crippen molar-refractivity contribution in [2.45, 2.75) is 13.5 Å². The van der Waals surface area contributed by atoms with E-state index in [1.54, 1.807) is 11.3 Å². The van der Waals surface area contributed by atoms with E-state index in [0.29, 0.717) is 6.61 Å². The van der Waals surface area contributed by atoms with Crippen molar-refractivity contribution in [1.29, 1.82) is 0 Å². The molecule has 0 spiro atoms. The van der Waals surface area contributed by atoms with Crippen LogP contribution in [0, 0.1) is 6.92 Å². The van der Waals surface area contributed by atoms with E-state index >= 15 is 0 Å². The minimum atomic E-state index is 0.580. The lowest BCUT2D eigenvalue weighted by atomic mass is 10.2. The minimum absolute atomic E-state index is 0.580. The van der Waals surface area contributed by atoms with Gasteiger partial charge in [0.15, 0.2) is 0 Å². The normalized spacial score (nSPS) is 10.7. The smallest absolute Gasteiger partial charge is 0.146 e. The summed E-state index contributed by atoms with van der Waals surface area (Å²) in [4.78, 5) is 4.34. The lowest BCUT2D eigenvalue weighted by Gasteiger charge is -2.07. The maximum absolute atomic E-state index is 5.85. The molecule has 0 fully saturated rings. The Morgan fingerprint density at radius 3 is 2.78 bits per heavy atom. The molecule has 3 rings (SSSR count). The van der Waals surface area contributed by atoms with Crippen LogP contribution in [0.1, 0.15) is 11.1 Å². The third kappa shape index (κ3) is 2.22. The van der Waals surface area contributed by atoms with Gasteiger partial charge in [0, 0.05) is 0 Å². The van der Waals surface area contributed by atoms with Crippen LogP contribution < -0.4 is 4.74 Å². The molecular weight excluding hydrogens is 242 g/mol. The maximum atomic E-state index is 5.85. The van der Waals surface area contributed by atoms with Crippen LogP contribution in [0.15, 0.2) is 48.0 Å². The number of thiazole rings is 1. The van der Waals surface area contributed by atoms with Crippen LogP contribution in [0.25, 0.3) is 10.2 Å². The Morgan fingerprint density at radius 2 is 1.94 bits per heavy atom. The van der Waals surface area contributed by atoms with E-state index in [0.717, 1.165) is 16.0 Å². The number of aryl methyl sites for hydroxylation is 1. The molecule has 2 aromatic carbocycles. The van der Waals surface area contributed by atoms with E-state index in [1.807, 2.05) is 17.6 Å². The molecule has 0 saturated carbocycles. The van der Waals surface area contributed by atoms with Crippen molar-refractivity contribution >= 4 is 21.6 Å². The van der Waals surface area contributed by atoms with Gasteiger partial charge in [-0.25, -0.2) is 4.98 Å². The van der Waals surface area contributed by atoms with E-state index in [2.05, 4.69) is 42.2 Å². The van der Waals surface area contributed by atoms with Gasteiger partial charge >= 0.3 is 0 Å². The molecule has 0 N–H and O–H groups in total. The van der Waals surface area contributed by atoms with Crippen molar-refractivity contribution < 1.29 is 4.74 Å². The first-order valence-electron chi connectivity index (χ1n) is 5.83. The average molecular weight is 255 g/mol. The summed E-state index contributed by atoms with van der Waals surface area (Å²) >= 11 is 1.63. The maximum Gasteiger partial charge on any atom is 0.146 e. The van der Waals surface area contributed by atoms with Gasteiger partial charge in [0.05, 0.1) is 10.2 Å². The Labute approximate surface area is 110 Å². The molecule has 0 saturated heterocycles. The molecule has 1 aromatic heterocycles. The molecule has 0 amide bonds. The zero-order valence-electron chi connectivity index (χ0n) is 10.1. The number of para-hydroxylation sites is 1. The molecule has 3 aromatic rings. The zero-order valence-corrected chi connectivity index (χ0v) is 10.9. The first-order valence-corrected chi connectivity index (χ1v) is 6.71. The van der Waals surface area contributed by atoms with Crippen molar-refractivity contribution in [3.8, 4) is 5.75 Å². The second-order valence-corrected chi connectivity index (χ2v) is 5.12. The first-order chi connectivity index (χ1) is 8.83. The molecule has 90 valence electrons. The molecule has 0 aliphatic heterocycles. The van der Waals surface area contributed by atoms with E-state index in [-0.39, 0.29) is 0 Å². The van der Waals surface area contributed by atoms with Crippen molar-refractivity contribution in [3.63, 3.8) is 0 Å². The summed E-state index contributed by atoms with van der Waals surface area (Å²) in [6.07, 6.45) is 0. The number of fused-ring (bicyclic) bond motifs is 1. The summed E-state index contributed by atoms with van der Waals surface area (Å²) in [6, 6.07) is 14.4. The average Bonchev–Trinajstić information content (AvgIpc) is 2.87. The second kappa shape index (κ2) is 4.78. The van der Waals surface area contributed by atoms with E-state index in [4.69, 9.17) is 4.74 Å². The minimum Gasteiger partial charge on any atom is -0.487 e. The summed E-state index contributed by atoms with van der Waals surface area (Å²) in [6.45, 7) is 2.66. The third-order valence-electron chi connectivity index (χ3n) is 2.84. The molecule has 0 aliphatic carbocycles. The number of rotatable bonds is 3. The highest BCUT2D eigenvalue weighted by atomic mass is 32.1. The molecule has 0 unspecified atom stereocenters. The van der Waals surface area contributed by atoms with Crippen molar-refractivity contribution in [3.05, 3.63) is 59.1 Å². The predicted molar refractivity (Wildman–Crippen MR) is 75.1 cm³/mol. The molecular formula is C15H13NOS. The lowest BCUT2D eigenvalue weighted by Crippen LogP contribution is -1.95. The summed E-state index contributed by atoms with van der Waals surface area (Å²) in [5.74, 6) is 0.856. The van der Waals surface area contributed by atoms with Gasteiger partial charge in [-0.05, 0) is 24.6 Å². The van der Waals surface area contributed by atoms with Gasteiger partial charge in [-0.3, -0.25) is 0 Å².